The Labute approximate surface area is 138 Å². The number of fused-ring (bicyclic) bond motifs is 1. The molecule has 0 spiro atoms. The van der Waals surface area contributed by atoms with E-state index in [0.717, 1.165) is 37.4 Å². The molecule has 0 atom stereocenters. The van der Waals surface area contributed by atoms with Crippen molar-refractivity contribution in [2.45, 2.75) is 32.4 Å². The van der Waals surface area contributed by atoms with Crippen LogP contribution >= 0.6 is 0 Å². The SMILES string of the molecule is Cc1nnc2ccc(NCCC3CCN(CC(F)(F)F)CC3)nn12. The van der Waals surface area contributed by atoms with Gasteiger partial charge in [0.05, 0.1) is 6.54 Å². The van der Waals surface area contributed by atoms with Crippen LogP contribution in [0.4, 0.5) is 19.0 Å². The number of alkyl halides is 3. The molecular formula is C15H21F3N6. The number of rotatable bonds is 5. The summed E-state index contributed by atoms with van der Waals surface area (Å²) < 4.78 is 38.8. The van der Waals surface area contributed by atoms with Crippen LogP contribution in [0.3, 0.4) is 0 Å². The standard InChI is InChI=1S/C15H21F3N6/c1-11-20-21-14-3-2-13(22-24(11)14)19-7-4-12-5-8-23(9-6-12)10-15(16,17)18/h2-3,12H,4-10H2,1H3,(H,19,22). The molecule has 0 unspecified atom stereocenters. The molecule has 3 heterocycles. The zero-order chi connectivity index (χ0) is 17.2. The highest BCUT2D eigenvalue weighted by Gasteiger charge is 2.32. The van der Waals surface area contributed by atoms with Crippen molar-refractivity contribution >= 4 is 11.5 Å². The molecular weight excluding hydrogens is 321 g/mol. The van der Waals surface area contributed by atoms with Gasteiger partial charge in [0, 0.05) is 6.54 Å². The van der Waals surface area contributed by atoms with Crippen LogP contribution in [0.1, 0.15) is 25.1 Å². The fraction of sp³-hybridized carbons (Fsp3) is 0.667. The number of nitrogens with one attached hydrogen (secondary N) is 1. The minimum Gasteiger partial charge on any atom is -0.369 e. The molecule has 9 heteroatoms. The molecule has 1 aliphatic rings. The van der Waals surface area contributed by atoms with Gasteiger partial charge in [0.25, 0.3) is 0 Å². The molecule has 1 aliphatic heterocycles. The van der Waals surface area contributed by atoms with Gasteiger partial charge in [-0.3, -0.25) is 4.90 Å². The van der Waals surface area contributed by atoms with Gasteiger partial charge in [0.1, 0.15) is 5.82 Å². The molecule has 0 amide bonds. The highest BCUT2D eigenvalue weighted by atomic mass is 19.4. The van der Waals surface area contributed by atoms with Gasteiger partial charge < -0.3 is 5.32 Å². The van der Waals surface area contributed by atoms with Gasteiger partial charge in [-0.15, -0.1) is 15.3 Å². The first-order chi connectivity index (χ1) is 11.4. The third-order valence-electron chi connectivity index (χ3n) is 4.39. The zero-order valence-electron chi connectivity index (χ0n) is 13.6. The first-order valence-electron chi connectivity index (χ1n) is 8.13. The Balaban J connectivity index is 1.43. The van der Waals surface area contributed by atoms with Crippen LogP contribution in [0.15, 0.2) is 12.1 Å². The molecule has 1 saturated heterocycles. The molecule has 0 aliphatic carbocycles. The van der Waals surface area contributed by atoms with Crippen molar-refractivity contribution in [2.75, 3.05) is 31.5 Å². The van der Waals surface area contributed by atoms with Crippen LogP contribution in [0, 0.1) is 12.8 Å². The topological polar surface area (TPSA) is 58.4 Å². The number of piperidine rings is 1. The van der Waals surface area contributed by atoms with E-state index in [4.69, 9.17) is 0 Å². The number of aryl methyl sites for hydroxylation is 1. The second-order valence-corrected chi connectivity index (χ2v) is 6.29. The molecule has 6 nitrogen and oxygen atoms in total. The van der Waals surface area contributed by atoms with E-state index in [0.29, 0.717) is 24.7 Å². The third-order valence-corrected chi connectivity index (χ3v) is 4.39. The van der Waals surface area contributed by atoms with Crippen LogP contribution < -0.4 is 5.32 Å². The smallest absolute Gasteiger partial charge is 0.369 e. The molecule has 0 bridgehead atoms. The number of halogens is 3. The monoisotopic (exact) mass is 342 g/mol. The van der Waals surface area contributed by atoms with Crippen molar-refractivity contribution in [1.29, 1.82) is 0 Å². The van der Waals surface area contributed by atoms with Gasteiger partial charge >= 0.3 is 6.18 Å². The van der Waals surface area contributed by atoms with Gasteiger partial charge in [-0.1, -0.05) is 0 Å². The number of nitrogens with zero attached hydrogens (tertiary/aromatic N) is 5. The Morgan fingerprint density at radius 2 is 1.96 bits per heavy atom. The molecule has 1 fully saturated rings. The maximum Gasteiger partial charge on any atom is 0.401 e. The fourth-order valence-corrected chi connectivity index (χ4v) is 3.08. The minimum atomic E-state index is -4.10. The summed E-state index contributed by atoms with van der Waals surface area (Å²) in [5.74, 6) is 1.94. The third kappa shape index (κ3) is 4.34. The summed E-state index contributed by atoms with van der Waals surface area (Å²) in [5, 5.41) is 15.6. The van der Waals surface area contributed by atoms with Crippen LogP contribution in [0.2, 0.25) is 0 Å². The molecule has 2 aromatic heterocycles. The maximum atomic E-state index is 12.4. The summed E-state index contributed by atoms with van der Waals surface area (Å²) in [4.78, 5) is 1.49. The van der Waals surface area contributed by atoms with Crippen molar-refractivity contribution in [3.8, 4) is 0 Å². The lowest BCUT2D eigenvalue weighted by atomic mass is 9.93. The zero-order valence-corrected chi connectivity index (χ0v) is 13.6. The van der Waals surface area contributed by atoms with E-state index in [9.17, 15) is 13.2 Å². The predicted molar refractivity (Wildman–Crippen MR) is 83.8 cm³/mol. The van der Waals surface area contributed by atoms with Gasteiger partial charge in [-0.05, 0) is 57.3 Å². The van der Waals surface area contributed by atoms with Crippen molar-refractivity contribution < 1.29 is 13.2 Å². The number of hydrogen-bond acceptors (Lipinski definition) is 5. The van der Waals surface area contributed by atoms with Crippen molar-refractivity contribution in [2.24, 2.45) is 5.92 Å². The molecule has 0 saturated carbocycles. The van der Waals surface area contributed by atoms with Crippen LogP contribution in [0.5, 0.6) is 0 Å². The average molecular weight is 342 g/mol. The van der Waals surface area contributed by atoms with Gasteiger partial charge in [0.2, 0.25) is 0 Å². The van der Waals surface area contributed by atoms with Crippen LogP contribution in [-0.2, 0) is 0 Å². The van der Waals surface area contributed by atoms with E-state index in [2.05, 4.69) is 20.6 Å². The van der Waals surface area contributed by atoms with Crippen molar-refractivity contribution in [3.05, 3.63) is 18.0 Å². The number of likely N-dealkylation sites (tertiary alicyclic amines) is 1. The summed E-state index contributed by atoms with van der Waals surface area (Å²) in [6.07, 6.45) is -1.54. The van der Waals surface area contributed by atoms with E-state index in [1.807, 2.05) is 19.1 Å². The Hall–Kier alpha value is -1.90. The van der Waals surface area contributed by atoms with Gasteiger partial charge in [-0.2, -0.15) is 17.7 Å². The summed E-state index contributed by atoms with van der Waals surface area (Å²) in [7, 11) is 0. The number of aromatic nitrogens is 4. The summed E-state index contributed by atoms with van der Waals surface area (Å²) in [6.45, 7) is 2.85. The molecule has 0 radical (unpaired) electrons. The quantitative estimate of drug-likeness (QED) is 0.905. The number of hydrogen-bond donors (Lipinski definition) is 1. The lowest BCUT2D eigenvalue weighted by Gasteiger charge is -2.32. The van der Waals surface area contributed by atoms with Gasteiger partial charge in [-0.25, -0.2) is 0 Å². The predicted octanol–water partition coefficient (Wildman–Crippen LogP) is 2.51. The van der Waals surface area contributed by atoms with Crippen molar-refractivity contribution in [3.63, 3.8) is 0 Å². The highest BCUT2D eigenvalue weighted by molar-refractivity contribution is 5.43. The van der Waals surface area contributed by atoms with Crippen LogP contribution in [-0.4, -0.2) is 57.1 Å². The summed E-state index contributed by atoms with van der Waals surface area (Å²) in [5.41, 5.74) is 0.704. The first kappa shape index (κ1) is 16.9. The molecule has 2 aromatic rings. The summed E-state index contributed by atoms with van der Waals surface area (Å²) >= 11 is 0. The Bertz CT molecular complexity index is 675. The second-order valence-electron chi connectivity index (χ2n) is 6.29. The summed E-state index contributed by atoms with van der Waals surface area (Å²) in [6, 6.07) is 3.71. The maximum absolute atomic E-state index is 12.4. The van der Waals surface area contributed by atoms with E-state index in [-0.39, 0.29) is 0 Å². The normalized spacial score (nSPS) is 17.5. The Morgan fingerprint density at radius 3 is 2.67 bits per heavy atom. The average Bonchev–Trinajstić information content (AvgIpc) is 2.89. The lowest BCUT2D eigenvalue weighted by molar-refractivity contribution is -0.148. The van der Waals surface area contributed by atoms with E-state index in [1.165, 1.54) is 4.90 Å². The van der Waals surface area contributed by atoms with E-state index >= 15 is 0 Å². The molecule has 24 heavy (non-hydrogen) atoms. The first-order valence-corrected chi connectivity index (χ1v) is 8.13. The molecule has 1 N–H and O–H groups in total. The Kier molecular flexibility index (Phi) is 4.88. The van der Waals surface area contributed by atoms with Gasteiger partial charge in [0.15, 0.2) is 11.5 Å². The number of anilines is 1. The molecule has 0 aromatic carbocycles. The second kappa shape index (κ2) is 6.92. The molecule has 3 rings (SSSR count). The Morgan fingerprint density at radius 1 is 1.21 bits per heavy atom. The highest BCUT2D eigenvalue weighted by Crippen LogP contribution is 2.24. The van der Waals surface area contributed by atoms with Crippen LogP contribution in [0.25, 0.3) is 5.65 Å². The van der Waals surface area contributed by atoms with E-state index in [1.54, 1.807) is 4.52 Å². The lowest BCUT2D eigenvalue weighted by Crippen LogP contribution is -2.40. The van der Waals surface area contributed by atoms with Crippen molar-refractivity contribution in [1.82, 2.24) is 24.7 Å². The minimum absolute atomic E-state index is 0.461. The molecule has 132 valence electrons. The van der Waals surface area contributed by atoms with E-state index < -0.39 is 12.7 Å². The largest absolute Gasteiger partial charge is 0.401 e. The fourth-order valence-electron chi connectivity index (χ4n) is 3.08.